The zero-order valence-electron chi connectivity index (χ0n) is 11.5. The van der Waals surface area contributed by atoms with Gasteiger partial charge in [0, 0.05) is 19.3 Å². The first-order valence-electron chi connectivity index (χ1n) is 6.26. The van der Waals surface area contributed by atoms with Gasteiger partial charge in [0.25, 0.3) is 5.91 Å². The van der Waals surface area contributed by atoms with Crippen molar-refractivity contribution in [2.45, 2.75) is 38.6 Å². The predicted octanol–water partition coefficient (Wildman–Crippen LogP) is 0.931. The van der Waals surface area contributed by atoms with E-state index in [1.165, 1.54) is 12.3 Å². The van der Waals surface area contributed by atoms with Crippen molar-refractivity contribution in [3.8, 4) is 0 Å². The summed E-state index contributed by atoms with van der Waals surface area (Å²) in [5.41, 5.74) is 0.315. The number of nitrogens with zero attached hydrogens (tertiary/aromatic N) is 1. The number of amides is 1. The molecule has 1 aromatic rings. The van der Waals surface area contributed by atoms with Crippen molar-refractivity contribution in [1.82, 2.24) is 9.88 Å². The highest BCUT2D eigenvalue weighted by Crippen LogP contribution is 2.13. The summed E-state index contributed by atoms with van der Waals surface area (Å²) in [6.07, 6.45) is 2.26. The van der Waals surface area contributed by atoms with Crippen molar-refractivity contribution in [2.75, 3.05) is 6.54 Å². The topological polar surface area (TPSA) is 94.2 Å². The van der Waals surface area contributed by atoms with E-state index in [-0.39, 0.29) is 10.8 Å². The Labute approximate surface area is 114 Å². The summed E-state index contributed by atoms with van der Waals surface area (Å²) in [4.78, 5) is 11.9. The molecule has 0 aromatic carbocycles. The molecule has 0 spiro atoms. The number of rotatable bonds is 6. The number of primary sulfonamides is 1. The zero-order valence-corrected chi connectivity index (χ0v) is 12.3. The Morgan fingerprint density at radius 3 is 2.58 bits per heavy atom. The largest absolute Gasteiger partial charge is 0.351 e. The van der Waals surface area contributed by atoms with Crippen molar-refractivity contribution in [1.29, 1.82) is 0 Å². The summed E-state index contributed by atoms with van der Waals surface area (Å²) < 4.78 is 24.1. The first kappa shape index (κ1) is 15.7. The van der Waals surface area contributed by atoms with Crippen LogP contribution >= 0.6 is 0 Å². The van der Waals surface area contributed by atoms with E-state index >= 15 is 0 Å². The molecule has 1 rings (SSSR count). The van der Waals surface area contributed by atoms with Gasteiger partial charge in [-0.25, -0.2) is 13.6 Å². The monoisotopic (exact) mass is 287 g/mol. The van der Waals surface area contributed by atoms with Crippen molar-refractivity contribution in [2.24, 2.45) is 11.1 Å². The molecule has 3 N–H and O–H groups in total. The minimum absolute atomic E-state index is 0.0386. The van der Waals surface area contributed by atoms with Crippen LogP contribution < -0.4 is 10.5 Å². The van der Waals surface area contributed by atoms with E-state index in [9.17, 15) is 13.2 Å². The summed E-state index contributed by atoms with van der Waals surface area (Å²) in [5.74, 6) is 0.218. The van der Waals surface area contributed by atoms with Gasteiger partial charge in [-0.3, -0.25) is 4.79 Å². The van der Waals surface area contributed by atoms with Crippen LogP contribution in [0, 0.1) is 5.92 Å². The van der Waals surface area contributed by atoms with Gasteiger partial charge in [-0.15, -0.1) is 0 Å². The molecular weight excluding hydrogens is 266 g/mol. The molecule has 6 nitrogen and oxygen atoms in total. The van der Waals surface area contributed by atoms with Gasteiger partial charge in [0.05, 0.1) is 0 Å². The molecule has 0 radical (unpaired) electrons. The Bertz CT molecular complexity index is 547. The second kappa shape index (κ2) is 6.21. The van der Waals surface area contributed by atoms with Gasteiger partial charge in [-0.1, -0.05) is 13.8 Å². The number of hydrogen-bond acceptors (Lipinski definition) is 3. The SMILES string of the molecule is CCn1cc(S(N)(=O)=O)cc1C(=O)NCCC(C)C. The second-order valence-corrected chi connectivity index (χ2v) is 6.39. The minimum atomic E-state index is -3.78. The second-order valence-electron chi connectivity index (χ2n) is 4.83. The predicted molar refractivity (Wildman–Crippen MR) is 73.3 cm³/mol. The van der Waals surface area contributed by atoms with Crippen molar-refractivity contribution in [3.05, 3.63) is 18.0 Å². The molecule has 0 saturated heterocycles. The third kappa shape index (κ3) is 4.36. The minimum Gasteiger partial charge on any atom is -0.351 e. The van der Waals surface area contributed by atoms with E-state index in [2.05, 4.69) is 19.2 Å². The zero-order chi connectivity index (χ0) is 14.6. The molecule has 0 aliphatic heterocycles. The molecule has 0 atom stereocenters. The fourth-order valence-corrected chi connectivity index (χ4v) is 2.21. The van der Waals surface area contributed by atoms with Crippen molar-refractivity contribution >= 4 is 15.9 Å². The van der Waals surface area contributed by atoms with Crippen molar-refractivity contribution in [3.63, 3.8) is 0 Å². The highest BCUT2D eigenvalue weighted by molar-refractivity contribution is 7.89. The first-order valence-corrected chi connectivity index (χ1v) is 7.81. The highest BCUT2D eigenvalue weighted by atomic mass is 32.2. The average molecular weight is 287 g/mol. The number of aryl methyl sites for hydroxylation is 1. The maximum Gasteiger partial charge on any atom is 0.267 e. The molecule has 0 aliphatic carbocycles. The summed E-state index contributed by atoms with van der Waals surface area (Å²) in [6, 6.07) is 1.31. The lowest BCUT2D eigenvalue weighted by molar-refractivity contribution is 0.0943. The molecule has 0 bridgehead atoms. The number of nitrogens with two attached hydrogens (primary N) is 1. The van der Waals surface area contributed by atoms with Gasteiger partial charge in [0.15, 0.2) is 0 Å². The summed E-state index contributed by atoms with van der Waals surface area (Å²) in [7, 11) is -3.78. The van der Waals surface area contributed by atoms with Crippen LogP contribution in [0.1, 0.15) is 37.7 Å². The third-order valence-electron chi connectivity index (χ3n) is 2.78. The Hall–Kier alpha value is -1.34. The van der Waals surface area contributed by atoms with E-state index < -0.39 is 10.0 Å². The van der Waals surface area contributed by atoms with Gasteiger partial charge in [-0.05, 0) is 25.3 Å². The lowest BCUT2D eigenvalue weighted by Crippen LogP contribution is -2.27. The quantitative estimate of drug-likeness (QED) is 0.815. The van der Waals surface area contributed by atoms with E-state index in [1.807, 2.05) is 6.92 Å². The Balaban J connectivity index is 2.87. The van der Waals surface area contributed by atoms with Crippen LogP contribution in [-0.2, 0) is 16.6 Å². The molecule has 1 heterocycles. The number of carbonyl (C=O) groups excluding carboxylic acids is 1. The van der Waals surface area contributed by atoms with Crippen LogP contribution in [0.5, 0.6) is 0 Å². The molecule has 0 aliphatic rings. The van der Waals surface area contributed by atoms with Crippen molar-refractivity contribution < 1.29 is 13.2 Å². The Morgan fingerprint density at radius 1 is 1.47 bits per heavy atom. The van der Waals surface area contributed by atoms with Gasteiger partial charge >= 0.3 is 0 Å². The number of aromatic nitrogens is 1. The molecule has 0 unspecified atom stereocenters. The highest BCUT2D eigenvalue weighted by Gasteiger charge is 2.18. The fourth-order valence-electron chi connectivity index (χ4n) is 1.66. The summed E-state index contributed by atoms with van der Waals surface area (Å²) in [6.45, 7) is 7.04. The Kier molecular flexibility index (Phi) is 5.13. The molecule has 1 aromatic heterocycles. The number of carbonyl (C=O) groups is 1. The number of hydrogen-bond donors (Lipinski definition) is 2. The molecular formula is C12H21N3O3S. The molecule has 0 saturated carbocycles. The third-order valence-corrected chi connectivity index (χ3v) is 3.66. The van der Waals surface area contributed by atoms with Gasteiger partial charge in [0.2, 0.25) is 10.0 Å². The smallest absolute Gasteiger partial charge is 0.267 e. The maximum atomic E-state index is 12.0. The average Bonchev–Trinajstić information content (AvgIpc) is 2.71. The van der Waals surface area contributed by atoms with Crippen LogP contribution in [0.2, 0.25) is 0 Å². The van der Waals surface area contributed by atoms with Crippen LogP contribution in [0.3, 0.4) is 0 Å². The number of sulfonamides is 1. The summed E-state index contributed by atoms with van der Waals surface area (Å²) >= 11 is 0. The normalized spacial score (nSPS) is 11.8. The lowest BCUT2D eigenvalue weighted by Gasteiger charge is -2.08. The van der Waals surface area contributed by atoms with Gasteiger partial charge in [0.1, 0.15) is 10.6 Å². The van der Waals surface area contributed by atoms with Gasteiger partial charge < -0.3 is 9.88 Å². The van der Waals surface area contributed by atoms with Crippen LogP contribution in [0.25, 0.3) is 0 Å². The molecule has 0 fully saturated rings. The van der Waals surface area contributed by atoms with Crippen LogP contribution in [0.15, 0.2) is 17.2 Å². The number of nitrogens with one attached hydrogen (secondary N) is 1. The lowest BCUT2D eigenvalue weighted by atomic mass is 10.1. The van der Waals surface area contributed by atoms with Crippen LogP contribution in [-0.4, -0.2) is 25.4 Å². The van der Waals surface area contributed by atoms with Crippen LogP contribution in [0.4, 0.5) is 0 Å². The molecule has 1 amide bonds. The fraction of sp³-hybridized carbons (Fsp3) is 0.583. The standard InChI is InChI=1S/C12H21N3O3S/c1-4-15-8-10(19(13,17)18)7-11(15)12(16)14-6-5-9(2)3/h7-9H,4-6H2,1-3H3,(H,14,16)(H2,13,17,18). The summed E-state index contributed by atoms with van der Waals surface area (Å²) in [5, 5.41) is 7.84. The maximum absolute atomic E-state index is 12.0. The Morgan fingerprint density at radius 2 is 2.11 bits per heavy atom. The van der Waals surface area contributed by atoms with E-state index in [1.54, 1.807) is 4.57 Å². The van der Waals surface area contributed by atoms with E-state index in [0.717, 1.165) is 6.42 Å². The van der Waals surface area contributed by atoms with Gasteiger partial charge in [-0.2, -0.15) is 0 Å². The van der Waals surface area contributed by atoms with E-state index in [4.69, 9.17) is 5.14 Å². The first-order chi connectivity index (χ1) is 8.75. The van der Waals surface area contributed by atoms with E-state index in [0.29, 0.717) is 24.7 Å². The molecule has 108 valence electrons. The molecule has 19 heavy (non-hydrogen) atoms. The molecule has 7 heteroatoms.